The van der Waals surface area contributed by atoms with Crippen LogP contribution in [0.2, 0.25) is 0 Å². The molecule has 11 heavy (non-hydrogen) atoms. The summed E-state index contributed by atoms with van der Waals surface area (Å²) in [5, 5.41) is 8.69. The van der Waals surface area contributed by atoms with Crippen molar-refractivity contribution in [1.29, 1.82) is 5.26 Å². The van der Waals surface area contributed by atoms with E-state index in [1.807, 2.05) is 13.0 Å². The lowest BCUT2D eigenvalue weighted by atomic mass is 10.1. The molecule has 0 amide bonds. The lowest BCUT2D eigenvalue weighted by Gasteiger charge is -1.93. The number of hydrogen-bond acceptors (Lipinski definition) is 2. The molecule has 0 aliphatic carbocycles. The smallest absolute Gasteiger partial charge is 0.171 e. The molecule has 1 aliphatic rings. The van der Waals surface area contributed by atoms with Crippen LogP contribution >= 0.6 is 0 Å². The molecule has 0 spiro atoms. The maximum Gasteiger partial charge on any atom is 0.171 e. The minimum Gasteiger partial charge on any atom is -0.449 e. The van der Waals surface area contributed by atoms with Gasteiger partial charge in [0.25, 0.3) is 0 Å². The van der Waals surface area contributed by atoms with E-state index in [1.165, 1.54) is 0 Å². The molecular formula is C9H7NO. The Morgan fingerprint density at radius 3 is 2.82 bits per heavy atom. The summed E-state index contributed by atoms with van der Waals surface area (Å²) in [5.74, 6) is 1.79. The average molecular weight is 145 g/mol. The summed E-state index contributed by atoms with van der Waals surface area (Å²) in [6, 6.07) is 5.88. The number of nitriles is 1. The third-order valence-corrected chi connectivity index (χ3v) is 1.85. The third-order valence-electron chi connectivity index (χ3n) is 1.85. The van der Waals surface area contributed by atoms with E-state index in [-0.39, 0.29) is 0 Å². The van der Waals surface area contributed by atoms with Gasteiger partial charge in [0.15, 0.2) is 11.5 Å². The molecule has 2 rings (SSSR count). The van der Waals surface area contributed by atoms with E-state index in [4.69, 9.17) is 10.00 Å². The van der Waals surface area contributed by atoms with Crippen molar-refractivity contribution in [2.24, 2.45) is 0 Å². The van der Waals surface area contributed by atoms with Crippen molar-refractivity contribution >= 4 is 0 Å². The molecule has 54 valence electrons. The highest BCUT2D eigenvalue weighted by molar-refractivity contribution is 5.60. The molecule has 0 saturated carbocycles. The van der Waals surface area contributed by atoms with E-state index >= 15 is 0 Å². The zero-order valence-electron chi connectivity index (χ0n) is 6.22. The second-order valence-corrected chi connectivity index (χ2v) is 2.52. The molecule has 0 bridgehead atoms. The third kappa shape index (κ3) is 0.857. The fourth-order valence-corrected chi connectivity index (χ4v) is 1.15. The lowest BCUT2D eigenvalue weighted by molar-refractivity contribution is 0.649. The second-order valence-electron chi connectivity index (χ2n) is 2.52. The molecule has 0 aromatic heterocycles. The van der Waals surface area contributed by atoms with Crippen molar-refractivity contribution in [2.75, 3.05) is 0 Å². The highest BCUT2D eigenvalue weighted by Gasteiger charge is 2.21. The minimum absolute atomic E-state index is 0.740. The molecule has 1 aliphatic heterocycles. The molecule has 1 aromatic carbocycles. The standard InChI is InChI=1S/C9H7NO/c1-2-6-3-8-9(11-8)4-7(6)5-10/h3-4H,2H2,1H3. The molecule has 0 unspecified atom stereocenters. The van der Waals surface area contributed by atoms with Crippen LogP contribution < -0.4 is 4.74 Å². The van der Waals surface area contributed by atoms with Crippen LogP contribution in [0, 0.1) is 11.3 Å². The van der Waals surface area contributed by atoms with Crippen molar-refractivity contribution in [3.05, 3.63) is 23.3 Å². The van der Waals surface area contributed by atoms with Crippen molar-refractivity contribution in [2.45, 2.75) is 13.3 Å². The van der Waals surface area contributed by atoms with E-state index in [2.05, 4.69) is 6.07 Å². The van der Waals surface area contributed by atoms with E-state index in [1.54, 1.807) is 6.07 Å². The van der Waals surface area contributed by atoms with Crippen molar-refractivity contribution in [3.63, 3.8) is 0 Å². The Hall–Kier alpha value is -1.49. The normalized spacial score (nSPS) is 11.3. The predicted octanol–water partition coefficient (Wildman–Crippen LogP) is 2.23. The first kappa shape index (κ1) is 6.23. The molecule has 0 atom stereocenters. The Balaban J connectivity index is 2.56. The molecular weight excluding hydrogens is 138 g/mol. The van der Waals surface area contributed by atoms with Crippen molar-refractivity contribution in [3.8, 4) is 17.6 Å². The maximum atomic E-state index is 8.69. The van der Waals surface area contributed by atoms with Crippen molar-refractivity contribution < 1.29 is 4.74 Å². The summed E-state index contributed by atoms with van der Waals surface area (Å²) in [4.78, 5) is 0. The first-order valence-electron chi connectivity index (χ1n) is 3.60. The van der Waals surface area contributed by atoms with Crippen LogP contribution in [0.25, 0.3) is 0 Å². The Labute approximate surface area is 65.0 Å². The van der Waals surface area contributed by atoms with Gasteiger partial charge in [0.1, 0.15) is 0 Å². The van der Waals surface area contributed by atoms with E-state index in [0.717, 1.165) is 29.0 Å². The SMILES string of the molecule is CCc1cc2c(cc1C#N)O2. The fourth-order valence-electron chi connectivity index (χ4n) is 1.15. The topological polar surface area (TPSA) is 36.3 Å². The van der Waals surface area contributed by atoms with Crippen molar-refractivity contribution in [1.82, 2.24) is 0 Å². The summed E-state index contributed by atoms with van der Waals surface area (Å²) < 4.78 is 5.07. The Morgan fingerprint density at radius 1 is 1.45 bits per heavy atom. The summed E-state index contributed by atoms with van der Waals surface area (Å²) in [6.45, 7) is 2.03. The van der Waals surface area contributed by atoms with Gasteiger partial charge in [-0.2, -0.15) is 5.26 Å². The number of hydrogen-bond donors (Lipinski definition) is 0. The van der Waals surface area contributed by atoms with Gasteiger partial charge in [-0.1, -0.05) is 6.92 Å². The molecule has 1 heterocycles. The first-order valence-corrected chi connectivity index (χ1v) is 3.60. The monoisotopic (exact) mass is 145 g/mol. The number of benzene rings is 1. The molecule has 0 fully saturated rings. The van der Waals surface area contributed by atoms with Crippen LogP contribution in [-0.4, -0.2) is 0 Å². The van der Waals surface area contributed by atoms with Gasteiger partial charge in [-0.15, -0.1) is 0 Å². The van der Waals surface area contributed by atoms with E-state index in [0.29, 0.717) is 0 Å². The molecule has 0 saturated heterocycles. The number of nitrogens with zero attached hydrogens (tertiary/aromatic N) is 1. The summed E-state index contributed by atoms with van der Waals surface area (Å²) in [5.41, 5.74) is 1.81. The quantitative estimate of drug-likeness (QED) is 0.577. The van der Waals surface area contributed by atoms with Crippen LogP contribution in [0.3, 0.4) is 0 Å². The zero-order valence-corrected chi connectivity index (χ0v) is 6.22. The Bertz CT molecular complexity index is 349. The highest BCUT2D eigenvalue weighted by Crippen LogP contribution is 2.46. The van der Waals surface area contributed by atoms with Gasteiger partial charge in [-0.05, 0) is 18.1 Å². The van der Waals surface area contributed by atoms with Crippen LogP contribution in [0.15, 0.2) is 12.1 Å². The molecule has 0 N–H and O–H groups in total. The number of aryl methyl sites for hydroxylation is 1. The fraction of sp³-hybridized carbons (Fsp3) is 0.222. The summed E-state index contributed by atoms with van der Waals surface area (Å²) in [6.07, 6.45) is 0.888. The lowest BCUT2D eigenvalue weighted by Crippen LogP contribution is -1.82. The van der Waals surface area contributed by atoms with E-state index in [9.17, 15) is 0 Å². The van der Waals surface area contributed by atoms with Gasteiger partial charge in [-0.25, -0.2) is 0 Å². The van der Waals surface area contributed by atoms with Gasteiger partial charge in [-0.3, -0.25) is 0 Å². The van der Waals surface area contributed by atoms with Gasteiger partial charge in [0.2, 0.25) is 0 Å². The second kappa shape index (κ2) is 2.00. The highest BCUT2D eigenvalue weighted by atomic mass is 16.6. The summed E-state index contributed by atoms with van der Waals surface area (Å²) in [7, 11) is 0. The molecule has 0 radical (unpaired) electrons. The largest absolute Gasteiger partial charge is 0.449 e. The van der Waals surface area contributed by atoms with Gasteiger partial charge in [0, 0.05) is 6.07 Å². The Kier molecular flexibility index (Phi) is 1.13. The van der Waals surface area contributed by atoms with Crippen LogP contribution in [0.1, 0.15) is 18.1 Å². The number of fused-ring (bicyclic) bond motifs is 1. The zero-order chi connectivity index (χ0) is 7.84. The predicted molar refractivity (Wildman–Crippen MR) is 40.6 cm³/mol. The van der Waals surface area contributed by atoms with Crippen LogP contribution in [0.5, 0.6) is 11.5 Å². The maximum absolute atomic E-state index is 8.69. The van der Waals surface area contributed by atoms with Gasteiger partial charge < -0.3 is 4.74 Å². The molecule has 2 nitrogen and oxygen atoms in total. The minimum atomic E-state index is 0.740. The van der Waals surface area contributed by atoms with E-state index < -0.39 is 0 Å². The number of rotatable bonds is 1. The first-order chi connectivity index (χ1) is 5.35. The summed E-state index contributed by atoms with van der Waals surface area (Å²) >= 11 is 0. The number of ether oxygens (including phenoxy) is 1. The molecule has 1 aromatic rings. The van der Waals surface area contributed by atoms with Gasteiger partial charge >= 0.3 is 0 Å². The Morgan fingerprint density at radius 2 is 2.18 bits per heavy atom. The van der Waals surface area contributed by atoms with Crippen LogP contribution in [0.4, 0.5) is 0 Å². The van der Waals surface area contributed by atoms with Gasteiger partial charge in [0.05, 0.1) is 11.6 Å². The van der Waals surface area contributed by atoms with Crippen LogP contribution in [-0.2, 0) is 6.42 Å². The molecule has 2 heteroatoms. The average Bonchev–Trinajstić information content (AvgIpc) is 2.79.